The lowest BCUT2D eigenvalue weighted by Gasteiger charge is -2.27. The standard InChI is InChI=1S/C13H16F2O3/c1-17-9-5-10(14)12(11(15)6-9)13(16)8-3-2-4-18-7-8/h5-6,8,13,16H,2-4,7H2,1H3. The predicted molar refractivity (Wildman–Crippen MR) is 61.4 cm³/mol. The van der Waals surface area contributed by atoms with Crippen molar-refractivity contribution in [1.82, 2.24) is 0 Å². The van der Waals surface area contributed by atoms with Crippen LogP contribution in [0.1, 0.15) is 24.5 Å². The molecule has 1 aliphatic heterocycles. The maximum Gasteiger partial charge on any atom is 0.135 e. The molecule has 1 heterocycles. The molecular formula is C13H16F2O3. The molecule has 100 valence electrons. The fraction of sp³-hybridized carbons (Fsp3) is 0.538. The van der Waals surface area contributed by atoms with Crippen molar-refractivity contribution in [1.29, 1.82) is 0 Å². The van der Waals surface area contributed by atoms with E-state index in [1.807, 2.05) is 0 Å². The van der Waals surface area contributed by atoms with E-state index in [0.717, 1.165) is 18.6 Å². The van der Waals surface area contributed by atoms with Gasteiger partial charge in [-0.1, -0.05) is 0 Å². The van der Waals surface area contributed by atoms with Crippen molar-refractivity contribution < 1.29 is 23.4 Å². The smallest absolute Gasteiger partial charge is 0.135 e. The number of benzene rings is 1. The maximum atomic E-state index is 13.8. The summed E-state index contributed by atoms with van der Waals surface area (Å²) in [7, 11) is 1.33. The zero-order valence-electron chi connectivity index (χ0n) is 10.2. The second-order valence-electron chi connectivity index (χ2n) is 4.43. The van der Waals surface area contributed by atoms with Crippen molar-refractivity contribution in [3.63, 3.8) is 0 Å². The van der Waals surface area contributed by atoms with E-state index in [4.69, 9.17) is 9.47 Å². The number of methoxy groups -OCH3 is 1. The van der Waals surface area contributed by atoms with Gasteiger partial charge in [0, 0.05) is 24.7 Å². The summed E-state index contributed by atoms with van der Waals surface area (Å²) in [5.74, 6) is -1.74. The van der Waals surface area contributed by atoms with E-state index in [-0.39, 0.29) is 17.2 Å². The highest BCUT2D eigenvalue weighted by atomic mass is 19.1. The third-order valence-corrected chi connectivity index (χ3v) is 3.23. The predicted octanol–water partition coefficient (Wildman–Crippen LogP) is 2.43. The Kier molecular flexibility index (Phi) is 4.14. The van der Waals surface area contributed by atoms with Gasteiger partial charge in [-0.15, -0.1) is 0 Å². The first kappa shape index (κ1) is 13.2. The number of rotatable bonds is 3. The fourth-order valence-corrected chi connectivity index (χ4v) is 2.21. The van der Waals surface area contributed by atoms with Crippen LogP contribution in [-0.4, -0.2) is 25.4 Å². The van der Waals surface area contributed by atoms with Crippen LogP contribution in [0.4, 0.5) is 8.78 Å². The van der Waals surface area contributed by atoms with Gasteiger partial charge in [0.2, 0.25) is 0 Å². The molecule has 2 unspecified atom stereocenters. The molecule has 5 heteroatoms. The molecule has 0 aromatic heterocycles. The van der Waals surface area contributed by atoms with Gasteiger partial charge in [0.1, 0.15) is 17.4 Å². The average Bonchev–Trinajstić information content (AvgIpc) is 2.38. The number of halogens is 2. The SMILES string of the molecule is COc1cc(F)c(C(O)C2CCCOC2)c(F)c1. The molecule has 1 aromatic carbocycles. The van der Waals surface area contributed by atoms with Gasteiger partial charge in [-0.25, -0.2) is 8.78 Å². The van der Waals surface area contributed by atoms with Crippen LogP contribution < -0.4 is 4.74 Å². The van der Waals surface area contributed by atoms with Crippen LogP contribution in [0.5, 0.6) is 5.75 Å². The minimum atomic E-state index is -1.18. The summed E-state index contributed by atoms with van der Waals surface area (Å²) < 4.78 is 37.6. The number of aliphatic hydroxyl groups is 1. The van der Waals surface area contributed by atoms with E-state index in [1.165, 1.54) is 7.11 Å². The molecule has 3 nitrogen and oxygen atoms in total. The van der Waals surface area contributed by atoms with Gasteiger partial charge in [-0.2, -0.15) is 0 Å². The van der Waals surface area contributed by atoms with Crippen LogP contribution in [0, 0.1) is 17.6 Å². The van der Waals surface area contributed by atoms with Crippen molar-refractivity contribution >= 4 is 0 Å². The molecule has 0 amide bonds. The van der Waals surface area contributed by atoms with E-state index < -0.39 is 17.7 Å². The third-order valence-electron chi connectivity index (χ3n) is 3.23. The van der Waals surface area contributed by atoms with Crippen molar-refractivity contribution in [3.05, 3.63) is 29.3 Å². The van der Waals surface area contributed by atoms with Crippen molar-refractivity contribution in [3.8, 4) is 5.75 Å². The number of hydrogen-bond acceptors (Lipinski definition) is 3. The van der Waals surface area contributed by atoms with E-state index in [9.17, 15) is 13.9 Å². The normalized spacial score (nSPS) is 21.7. The zero-order valence-corrected chi connectivity index (χ0v) is 10.2. The highest BCUT2D eigenvalue weighted by Gasteiger charge is 2.28. The summed E-state index contributed by atoms with van der Waals surface area (Å²) in [6, 6.07) is 2.15. The quantitative estimate of drug-likeness (QED) is 0.905. The van der Waals surface area contributed by atoms with Crippen molar-refractivity contribution in [2.24, 2.45) is 5.92 Å². The number of ether oxygens (including phenoxy) is 2. The van der Waals surface area contributed by atoms with Gasteiger partial charge in [-0.05, 0) is 12.8 Å². The average molecular weight is 258 g/mol. The van der Waals surface area contributed by atoms with Crippen LogP contribution in [0.25, 0.3) is 0 Å². The second-order valence-corrected chi connectivity index (χ2v) is 4.43. The minimum absolute atomic E-state index is 0.0980. The topological polar surface area (TPSA) is 38.7 Å². The zero-order chi connectivity index (χ0) is 13.1. The summed E-state index contributed by atoms with van der Waals surface area (Å²) in [5, 5.41) is 10.1. The Morgan fingerprint density at radius 2 is 2.06 bits per heavy atom. The van der Waals surface area contributed by atoms with Crippen molar-refractivity contribution in [2.45, 2.75) is 18.9 Å². The molecular weight excluding hydrogens is 242 g/mol. The van der Waals surface area contributed by atoms with Gasteiger partial charge < -0.3 is 14.6 Å². The van der Waals surface area contributed by atoms with Crippen LogP contribution in [0.2, 0.25) is 0 Å². The third kappa shape index (κ3) is 2.62. The minimum Gasteiger partial charge on any atom is -0.497 e. The van der Waals surface area contributed by atoms with Crippen LogP contribution in [0.3, 0.4) is 0 Å². The van der Waals surface area contributed by atoms with E-state index in [0.29, 0.717) is 19.6 Å². The Balaban J connectivity index is 2.26. The Hall–Kier alpha value is -1.20. The molecule has 1 fully saturated rings. The lowest BCUT2D eigenvalue weighted by Crippen LogP contribution is -2.25. The first-order valence-electron chi connectivity index (χ1n) is 5.92. The molecule has 1 N–H and O–H groups in total. The summed E-state index contributed by atoms with van der Waals surface area (Å²) in [6.45, 7) is 0.961. The molecule has 1 aliphatic rings. The molecule has 1 aromatic rings. The first-order chi connectivity index (χ1) is 8.63. The first-order valence-corrected chi connectivity index (χ1v) is 5.92. The van der Waals surface area contributed by atoms with Crippen LogP contribution in [-0.2, 0) is 4.74 Å². The lowest BCUT2D eigenvalue weighted by molar-refractivity contribution is -0.0125. The molecule has 0 aliphatic carbocycles. The maximum absolute atomic E-state index is 13.8. The molecule has 2 atom stereocenters. The van der Waals surface area contributed by atoms with E-state index in [2.05, 4.69) is 0 Å². The highest BCUT2D eigenvalue weighted by molar-refractivity contribution is 5.32. The van der Waals surface area contributed by atoms with Gasteiger partial charge in [0.05, 0.1) is 25.4 Å². The van der Waals surface area contributed by atoms with Gasteiger partial charge in [0.15, 0.2) is 0 Å². The largest absolute Gasteiger partial charge is 0.497 e. The van der Waals surface area contributed by atoms with Gasteiger partial charge in [0.25, 0.3) is 0 Å². The molecule has 1 saturated heterocycles. The summed E-state index contributed by atoms with van der Waals surface area (Å²) in [5.41, 5.74) is -0.300. The van der Waals surface area contributed by atoms with Crippen LogP contribution in [0.15, 0.2) is 12.1 Å². The molecule has 18 heavy (non-hydrogen) atoms. The van der Waals surface area contributed by atoms with Crippen LogP contribution >= 0.6 is 0 Å². The number of hydrogen-bond donors (Lipinski definition) is 1. The number of aliphatic hydroxyl groups excluding tert-OH is 1. The molecule has 0 radical (unpaired) electrons. The van der Waals surface area contributed by atoms with Crippen molar-refractivity contribution in [2.75, 3.05) is 20.3 Å². The fourth-order valence-electron chi connectivity index (χ4n) is 2.21. The van der Waals surface area contributed by atoms with Gasteiger partial charge in [-0.3, -0.25) is 0 Å². The highest BCUT2D eigenvalue weighted by Crippen LogP contribution is 2.33. The summed E-state index contributed by atoms with van der Waals surface area (Å²) in [6.07, 6.45) is 0.309. The Labute approximate surface area is 104 Å². The Morgan fingerprint density at radius 1 is 1.39 bits per heavy atom. The second kappa shape index (κ2) is 5.63. The van der Waals surface area contributed by atoms with E-state index in [1.54, 1.807) is 0 Å². The lowest BCUT2D eigenvalue weighted by atomic mass is 9.90. The van der Waals surface area contributed by atoms with Gasteiger partial charge >= 0.3 is 0 Å². The summed E-state index contributed by atoms with van der Waals surface area (Å²) in [4.78, 5) is 0. The molecule has 2 rings (SSSR count). The Morgan fingerprint density at radius 3 is 2.56 bits per heavy atom. The summed E-state index contributed by atoms with van der Waals surface area (Å²) >= 11 is 0. The molecule has 0 saturated carbocycles. The Bertz CT molecular complexity index is 394. The van der Waals surface area contributed by atoms with E-state index >= 15 is 0 Å². The molecule has 0 bridgehead atoms. The monoisotopic (exact) mass is 258 g/mol. The molecule has 0 spiro atoms.